The standard InChI is InChI=1S/C6H14O.C3H3F3/c1-5(2)7-6(3)4;1-2-3(4,5)6/h5-6H,1-4H3;2H,1H2. The van der Waals surface area contributed by atoms with Crippen LogP contribution >= 0.6 is 0 Å². The number of alkyl halides is 3. The lowest BCUT2D eigenvalue weighted by Gasteiger charge is -2.09. The van der Waals surface area contributed by atoms with Gasteiger partial charge in [0.25, 0.3) is 0 Å². The van der Waals surface area contributed by atoms with Crippen LogP contribution in [0.5, 0.6) is 0 Å². The Balaban J connectivity index is 0. The number of hydrogen-bond acceptors (Lipinski definition) is 1. The highest BCUT2D eigenvalue weighted by atomic mass is 19.4. The van der Waals surface area contributed by atoms with Crippen molar-refractivity contribution in [2.45, 2.75) is 46.1 Å². The quantitative estimate of drug-likeness (QED) is 0.616. The molecule has 0 unspecified atom stereocenters. The molecule has 0 N–H and O–H groups in total. The van der Waals surface area contributed by atoms with Gasteiger partial charge in [-0.15, -0.1) is 0 Å². The summed E-state index contributed by atoms with van der Waals surface area (Å²) in [5, 5.41) is 0. The maximum absolute atomic E-state index is 10.7. The third-order valence-electron chi connectivity index (χ3n) is 0.776. The lowest BCUT2D eigenvalue weighted by Crippen LogP contribution is -2.09. The number of rotatable bonds is 2. The maximum Gasteiger partial charge on any atom is 0.409 e. The van der Waals surface area contributed by atoms with Crippen LogP contribution in [0.15, 0.2) is 12.7 Å². The molecule has 0 saturated heterocycles. The minimum absolute atomic E-state index is 0.0625. The minimum Gasteiger partial charge on any atom is -0.376 e. The van der Waals surface area contributed by atoms with E-state index in [-0.39, 0.29) is 6.08 Å². The third-order valence-corrected chi connectivity index (χ3v) is 0.776. The predicted octanol–water partition coefficient (Wildman–Crippen LogP) is 3.55. The first-order chi connectivity index (χ1) is 5.69. The second-order valence-corrected chi connectivity index (χ2v) is 2.98. The largest absolute Gasteiger partial charge is 0.409 e. The van der Waals surface area contributed by atoms with Gasteiger partial charge in [0, 0.05) is 6.08 Å². The molecule has 0 bridgehead atoms. The fourth-order valence-corrected chi connectivity index (χ4v) is 0.544. The lowest BCUT2D eigenvalue weighted by atomic mass is 10.4. The first-order valence-corrected chi connectivity index (χ1v) is 4.04. The Morgan fingerprint density at radius 1 is 1.08 bits per heavy atom. The van der Waals surface area contributed by atoms with Gasteiger partial charge in [-0.2, -0.15) is 13.2 Å². The van der Waals surface area contributed by atoms with Crippen LogP contribution in [-0.2, 0) is 4.74 Å². The summed E-state index contributed by atoms with van der Waals surface area (Å²) in [5.74, 6) is 0. The Bertz CT molecular complexity index is 121. The molecule has 0 aliphatic carbocycles. The van der Waals surface area contributed by atoms with Gasteiger partial charge in [0.15, 0.2) is 0 Å². The van der Waals surface area contributed by atoms with E-state index in [1.807, 2.05) is 27.7 Å². The smallest absolute Gasteiger partial charge is 0.376 e. The van der Waals surface area contributed by atoms with Crippen molar-refractivity contribution in [1.29, 1.82) is 0 Å². The van der Waals surface area contributed by atoms with Crippen LogP contribution in [0.25, 0.3) is 0 Å². The molecule has 13 heavy (non-hydrogen) atoms. The molecule has 0 aromatic carbocycles. The fraction of sp³-hybridized carbons (Fsp3) is 0.778. The van der Waals surface area contributed by atoms with Gasteiger partial charge in [-0.05, 0) is 27.7 Å². The van der Waals surface area contributed by atoms with Gasteiger partial charge in [-0.1, -0.05) is 6.58 Å². The molecule has 80 valence electrons. The van der Waals surface area contributed by atoms with Crippen molar-refractivity contribution in [2.75, 3.05) is 0 Å². The van der Waals surface area contributed by atoms with Crippen molar-refractivity contribution >= 4 is 0 Å². The Labute approximate surface area is 77.6 Å². The first kappa shape index (κ1) is 15.0. The number of halogens is 3. The van der Waals surface area contributed by atoms with Gasteiger partial charge in [0.2, 0.25) is 0 Å². The molecule has 0 fully saturated rings. The molecule has 0 aromatic rings. The number of hydrogen-bond donors (Lipinski definition) is 0. The molecule has 0 atom stereocenters. The summed E-state index contributed by atoms with van der Waals surface area (Å²) in [4.78, 5) is 0. The second-order valence-electron chi connectivity index (χ2n) is 2.98. The Morgan fingerprint density at radius 3 is 1.31 bits per heavy atom. The molecular formula is C9H17F3O. The van der Waals surface area contributed by atoms with E-state index in [4.69, 9.17) is 4.74 Å². The van der Waals surface area contributed by atoms with E-state index in [9.17, 15) is 13.2 Å². The van der Waals surface area contributed by atoms with E-state index < -0.39 is 6.18 Å². The predicted molar refractivity (Wildman–Crippen MR) is 47.6 cm³/mol. The maximum atomic E-state index is 10.7. The van der Waals surface area contributed by atoms with Gasteiger partial charge in [0.1, 0.15) is 0 Å². The van der Waals surface area contributed by atoms with E-state index in [1.54, 1.807) is 0 Å². The van der Waals surface area contributed by atoms with Crippen molar-refractivity contribution in [3.05, 3.63) is 12.7 Å². The highest BCUT2D eigenvalue weighted by Gasteiger charge is 2.19. The van der Waals surface area contributed by atoms with Gasteiger partial charge in [0.05, 0.1) is 12.2 Å². The zero-order chi connectivity index (χ0) is 11.1. The normalized spacial score (nSPS) is 11.2. The summed E-state index contributed by atoms with van der Waals surface area (Å²) >= 11 is 0. The Morgan fingerprint density at radius 2 is 1.31 bits per heavy atom. The lowest BCUT2D eigenvalue weighted by molar-refractivity contribution is -0.0795. The molecule has 0 saturated carbocycles. The van der Waals surface area contributed by atoms with Crippen LogP contribution in [-0.4, -0.2) is 18.4 Å². The van der Waals surface area contributed by atoms with Crippen molar-refractivity contribution in [2.24, 2.45) is 0 Å². The van der Waals surface area contributed by atoms with E-state index in [0.717, 1.165) is 0 Å². The van der Waals surface area contributed by atoms with Crippen LogP contribution < -0.4 is 0 Å². The molecule has 0 aliphatic rings. The Hall–Kier alpha value is -0.510. The van der Waals surface area contributed by atoms with Gasteiger partial charge >= 0.3 is 6.18 Å². The first-order valence-electron chi connectivity index (χ1n) is 4.04. The van der Waals surface area contributed by atoms with Crippen LogP contribution in [0.4, 0.5) is 13.2 Å². The van der Waals surface area contributed by atoms with E-state index >= 15 is 0 Å². The topological polar surface area (TPSA) is 9.23 Å². The van der Waals surface area contributed by atoms with Crippen LogP contribution in [0.2, 0.25) is 0 Å². The average molecular weight is 198 g/mol. The molecule has 0 amide bonds. The molecule has 0 aliphatic heterocycles. The summed E-state index contributed by atoms with van der Waals surface area (Å²) in [6, 6.07) is 0. The number of ether oxygens (including phenoxy) is 1. The molecule has 1 nitrogen and oxygen atoms in total. The summed E-state index contributed by atoms with van der Waals surface area (Å²) < 4.78 is 37.2. The van der Waals surface area contributed by atoms with Crippen molar-refractivity contribution in [3.63, 3.8) is 0 Å². The molecule has 0 aromatic heterocycles. The molecule has 0 heterocycles. The molecular weight excluding hydrogens is 181 g/mol. The average Bonchev–Trinajstić information content (AvgIpc) is 1.84. The molecule has 0 radical (unpaired) electrons. The highest BCUT2D eigenvalue weighted by molar-refractivity contribution is 4.75. The zero-order valence-electron chi connectivity index (χ0n) is 8.48. The SMILES string of the molecule is C=CC(F)(F)F.CC(C)OC(C)C. The highest BCUT2D eigenvalue weighted by Crippen LogP contribution is 2.13. The summed E-state index contributed by atoms with van der Waals surface area (Å²) in [6.07, 6.45) is -3.51. The summed E-state index contributed by atoms with van der Waals surface area (Å²) in [6.45, 7) is 10.7. The third kappa shape index (κ3) is 24.6. The van der Waals surface area contributed by atoms with Gasteiger partial charge in [-0.3, -0.25) is 0 Å². The van der Waals surface area contributed by atoms with Crippen LogP contribution in [0.1, 0.15) is 27.7 Å². The monoisotopic (exact) mass is 198 g/mol. The molecule has 0 spiro atoms. The van der Waals surface area contributed by atoms with E-state index in [1.165, 1.54) is 0 Å². The summed E-state index contributed by atoms with van der Waals surface area (Å²) in [7, 11) is 0. The minimum atomic E-state index is -4.19. The van der Waals surface area contributed by atoms with Crippen molar-refractivity contribution in [1.82, 2.24) is 0 Å². The van der Waals surface area contributed by atoms with Crippen molar-refractivity contribution < 1.29 is 17.9 Å². The number of allylic oxidation sites excluding steroid dienone is 1. The zero-order valence-corrected chi connectivity index (χ0v) is 8.48. The van der Waals surface area contributed by atoms with Crippen LogP contribution in [0, 0.1) is 0 Å². The van der Waals surface area contributed by atoms with Gasteiger partial charge in [-0.25, -0.2) is 0 Å². The fourth-order valence-electron chi connectivity index (χ4n) is 0.544. The second kappa shape index (κ2) is 6.95. The van der Waals surface area contributed by atoms with Gasteiger partial charge < -0.3 is 4.74 Å². The molecule has 0 rings (SSSR count). The van der Waals surface area contributed by atoms with E-state index in [0.29, 0.717) is 12.2 Å². The van der Waals surface area contributed by atoms with E-state index in [2.05, 4.69) is 6.58 Å². The van der Waals surface area contributed by atoms with Crippen molar-refractivity contribution in [3.8, 4) is 0 Å². The summed E-state index contributed by atoms with van der Waals surface area (Å²) in [5.41, 5.74) is 0. The van der Waals surface area contributed by atoms with Crippen LogP contribution in [0.3, 0.4) is 0 Å². The Kier molecular flexibility index (Phi) is 8.01. The molecule has 4 heteroatoms.